The van der Waals surface area contributed by atoms with Crippen LogP contribution >= 0.6 is 0 Å². The summed E-state index contributed by atoms with van der Waals surface area (Å²) in [6.45, 7) is 5.56. The van der Waals surface area contributed by atoms with E-state index < -0.39 is 0 Å². The Kier molecular flexibility index (Phi) is 20.9. The van der Waals surface area contributed by atoms with Crippen LogP contribution in [0.15, 0.2) is 0 Å². The van der Waals surface area contributed by atoms with Gasteiger partial charge in [-0.2, -0.15) is 0 Å². The van der Waals surface area contributed by atoms with Crippen LogP contribution in [0.1, 0.15) is 96.8 Å². The molecule has 4 heteroatoms. The van der Waals surface area contributed by atoms with E-state index in [1.807, 2.05) is 0 Å². The minimum atomic E-state index is 0.169. The fourth-order valence-electron chi connectivity index (χ4n) is 2.95. The van der Waals surface area contributed by atoms with Crippen LogP contribution in [0.5, 0.6) is 0 Å². The van der Waals surface area contributed by atoms with E-state index >= 15 is 0 Å². The Hall–Kier alpha value is -0.610. The Morgan fingerprint density at radius 2 is 1.28 bits per heavy atom. The van der Waals surface area contributed by atoms with Crippen molar-refractivity contribution >= 4 is 5.91 Å². The normalized spacial score (nSPS) is 11.0. The summed E-state index contributed by atoms with van der Waals surface area (Å²) < 4.78 is 4.98. The lowest BCUT2D eigenvalue weighted by Crippen LogP contribution is -2.29. The Balaban J connectivity index is 3.11. The van der Waals surface area contributed by atoms with Crippen LogP contribution in [0.25, 0.3) is 0 Å². The van der Waals surface area contributed by atoms with Gasteiger partial charge in [-0.05, 0) is 19.4 Å². The molecule has 0 radical (unpaired) electrons. The maximum atomic E-state index is 11.7. The zero-order valence-corrected chi connectivity index (χ0v) is 17.0. The third kappa shape index (κ3) is 21.3. The summed E-state index contributed by atoms with van der Waals surface area (Å²) in [5.74, 6) is 0.169. The summed E-state index contributed by atoms with van der Waals surface area (Å²) in [6, 6.07) is 0. The van der Waals surface area contributed by atoms with Crippen molar-refractivity contribution in [2.45, 2.75) is 96.8 Å². The number of rotatable bonds is 20. The van der Waals surface area contributed by atoms with Crippen molar-refractivity contribution in [2.75, 3.05) is 33.4 Å². The second kappa shape index (κ2) is 21.4. The molecule has 0 spiro atoms. The maximum Gasteiger partial charge on any atom is 0.221 e. The van der Waals surface area contributed by atoms with Gasteiger partial charge < -0.3 is 15.4 Å². The van der Waals surface area contributed by atoms with Gasteiger partial charge in [-0.3, -0.25) is 4.79 Å². The van der Waals surface area contributed by atoms with Crippen LogP contribution in [0.3, 0.4) is 0 Å². The molecule has 0 saturated carbocycles. The second-order valence-corrected chi connectivity index (χ2v) is 7.09. The predicted molar refractivity (Wildman–Crippen MR) is 108 cm³/mol. The third-order valence-electron chi connectivity index (χ3n) is 4.58. The zero-order valence-electron chi connectivity index (χ0n) is 17.0. The number of nitrogens with one attached hydrogen (secondary N) is 2. The Morgan fingerprint density at radius 3 is 1.84 bits per heavy atom. The van der Waals surface area contributed by atoms with E-state index in [2.05, 4.69) is 17.6 Å². The Bertz CT molecular complexity index is 273. The van der Waals surface area contributed by atoms with Gasteiger partial charge in [0.2, 0.25) is 5.91 Å². The molecule has 2 N–H and O–H groups in total. The molecule has 0 heterocycles. The first kappa shape index (κ1) is 24.4. The minimum Gasteiger partial charge on any atom is -0.385 e. The highest BCUT2D eigenvalue weighted by Crippen LogP contribution is 2.11. The minimum absolute atomic E-state index is 0.169. The summed E-state index contributed by atoms with van der Waals surface area (Å²) >= 11 is 0. The van der Waals surface area contributed by atoms with Crippen molar-refractivity contribution in [3.8, 4) is 0 Å². The molecule has 0 aromatic heterocycles. The van der Waals surface area contributed by atoms with E-state index in [0.29, 0.717) is 6.42 Å². The molecule has 0 aromatic rings. The van der Waals surface area contributed by atoms with Crippen LogP contribution in [-0.4, -0.2) is 39.3 Å². The van der Waals surface area contributed by atoms with Crippen molar-refractivity contribution in [3.05, 3.63) is 0 Å². The molecular formula is C21H44N2O2. The molecule has 0 aliphatic heterocycles. The predicted octanol–water partition coefficient (Wildman–Crippen LogP) is 4.82. The number of carbonyl (C=O) groups excluding carboxylic acids is 1. The molecule has 0 atom stereocenters. The lowest BCUT2D eigenvalue weighted by Gasteiger charge is -2.06. The molecule has 0 fully saturated rings. The monoisotopic (exact) mass is 356 g/mol. The summed E-state index contributed by atoms with van der Waals surface area (Å²) in [4.78, 5) is 11.7. The number of hydrogen-bond donors (Lipinski definition) is 2. The fraction of sp³-hybridized carbons (Fsp3) is 0.952. The van der Waals surface area contributed by atoms with E-state index in [0.717, 1.165) is 39.1 Å². The topological polar surface area (TPSA) is 50.4 Å². The number of amides is 1. The van der Waals surface area contributed by atoms with Crippen molar-refractivity contribution in [3.63, 3.8) is 0 Å². The van der Waals surface area contributed by atoms with E-state index in [4.69, 9.17) is 4.74 Å². The van der Waals surface area contributed by atoms with Gasteiger partial charge in [0.15, 0.2) is 0 Å². The van der Waals surface area contributed by atoms with Gasteiger partial charge in [-0.1, -0.05) is 77.6 Å². The van der Waals surface area contributed by atoms with E-state index in [-0.39, 0.29) is 5.91 Å². The van der Waals surface area contributed by atoms with Gasteiger partial charge in [0.1, 0.15) is 0 Å². The summed E-state index contributed by atoms with van der Waals surface area (Å²) in [7, 11) is 1.71. The quantitative estimate of drug-likeness (QED) is 0.307. The van der Waals surface area contributed by atoms with Crippen LogP contribution in [0.2, 0.25) is 0 Å². The Labute approximate surface area is 156 Å². The van der Waals surface area contributed by atoms with Crippen LogP contribution in [-0.2, 0) is 9.53 Å². The summed E-state index contributed by atoms with van der Waals surface area (Å²) in [5.41, 5.74) is 0. The molecule has 0 unspecified atom stereocenters. The second-order valence-electron chi connectivity index (χ2n) is 7.09. The number of carbonyl (C=O) groups is 1. The van der Waals surface area contributed by atoms with Gasteiger partial charge >= 0.3 is 0 Å². The van der Waals surface area contributed by atoms with Gasteiger partial charge in [0.25, 0.3) is 0 Å². The van der Waals surface area contributed by atoms with Crippen LogP contribution in [0.4, 0.5) is 0 Å². The number of ether oxygens (including phenoxy) is 1. The number of unbranched alkanes of at least 4 members (excludes halogenated alkanes) is 11. The summed E-state index contributed by atoms with van der Waals surface area (Å²) in [6.07, 6.45) is 17.8. The molecule has 25 heavy (non-hydrogen) atoms. The van der Waals surface area contributed by atoms with E-state index in [9.17, 15) is 4.79 Å². The third-order valence-corrected chi connectivity index (χ3v) is 4.58. The smallest absolute Gasteiger partial charge is 0.221 e. The van der Waals surface area contributed by atoms with Crippen molar-refractivity contribution < 1.29 is 9.53 Å². The fourth-order valence-corrected chi connectivity index (χ4v) is 2.95. The first-order valence-corrected chi connectivity index (χ1v) is 10.8. The van der Waals surface area contributed by atoms with Crippen LogP contribution in [0, 0.1) is 0 Å². The highest BCUT2D eigenvalue weighted by atomic mass is 16.5. The lowest BCUT2D eigenvalue weighted by atomic mass is 10.1. The number of hydrogen-bond acceptors (Lipinski definition) is 3. The standard InChI is InChI=1S/C21H44N2O2/c1-3-4-5-6-7-8-9-10-11-12-13-14-18-23-21(24)16-19-22-17-15-20-25-2/h22H,3-20H2,1-2H3,(H,23,24). The average molecular weight is 357 g/mol. The molecule has 0 rings (SSSR count). The molecule has 0 aliphatic carbocycles. The van der Waals surface area contributed by atoms with Crippen molar-refractivity contribution in [1.29, 1.82) is 0 Å². The van der Waals surface area contributed by atoms with E-state index in [1.54, 1.807) is 7.11 Å². The first-order chi connectivity index (χ1) is 12.3. The first-order valence-electron chi connectivity index (χ1n) is 10.8. The molecule has 0 saturated heterocycles. The molecule has 0 aromatic carbocycles. The lowest BCUT2D eigenvalue weighted by molar-refractivity contribution is -0.121. The number of methoxy groups -OCH3 is 1. The molecule has 0 aliphatic rings. The van der Waals surface area contributed by atoms with Gasteiger partial charge in [0.05, 0.1) is 0 Å². The van der Waals surface area contributed by atoms with Gasteiger partial charge in [0, 0.05) is 33.2 Å². The largest absolute Gasteiger partial charge is 0.385 e. The van der Waals surface area contributed by atoms with Crippen molar-refractivity contribution in [2.24, 2.45) is 0 Å². The summed E-state index contributed by atoms with van der Waals surface area (Å²) in [5, 5.41) is 6.28. The van der Waals surface area contributed by atoms with Crippen LogP contribution < -0.4 is 10.6 Å². The molecule has 150 valence electrons. The highest BCUT2D eigenvalue weighted by molar-refractivity contribution is 5.75. The average Bonchev–Trinajstić information content (AvgIpc) is 2.62. The zero-order chi connectivity index (χ0) is 18.4. The van der Waals surface area contributed by atoms with Gasteiger partial charge in [-0.15, -0.1) is 0 Å². The molecule has 1 amide bonds. The molecule has 4 nitrogen and oxygen atoms in total. The molecular weight excluding hydrogens is 312 g/mol. The maximum absolute atomic E-state index is 11.7. The van der Waals surface area contributed by atoms with Gasteiger partial charge in [-0.25, -0.2) is 0 Å². The van der Waals surface area contributed by atoms with E-state index in [1.165, 1.54) is 70.6 Å². The Morgan fingerprint density at radius 1 is 0.720 bits per heavy atom. The SMILES string of the molecule is CCCCCCCCCCCCCCNC(=O)CCNCCCOC. The molecule has 0 bridgehead atoms. The highest BCUT2D eigenvalue weighted by Gasteiger charge is 2.00. The van der Waals surface area contributed by atoms with Crippen molar-refractivity contribution in [1.82, 2.24) is 10.6 Å².